The maximum atomic E-state index is 12.4. The van der Waals surface area contributed by atoms with Crippen molar-refractivity contribution < 1.29 is 9.53 Å². The molecule has 4 nitrogen and oxygen atoms in total. The predicted octanol–water partition coefficient (Wildman–Crippen LogP) is 0.623. The zero-order valence-corrected chi connectivity index (χ0v) is 10.4. The van der Waals surface area contributed by atoms with E-state index in [-0.39, 0.29) is 6.04 Å². The Hall–Kier alpha value is -0.610. The molecule has 0 aromatic rings. The van der Waals surface area contributed by atoms with Crippen LogP contribution < -0.4 is 5.32 Å². The molecule has 3 fully saturated rings. The summed E-state index contributed by atoms with van der Waals surface area (Å²) in [7, 11) is 0. The Morgan fingerprint density at radius 2 is 2.06 bits per heavy atom. The third-order valence-corrected chi connectivity index (χ3v) is 4.48. The zero-order valence-electron chi connectivity index (χ0n) is 10.4. The summed E-state index contributed by atoms with van der Waals surface area (Å²) in [4.78, 5) is 14.4. The minimum absolute atomic E-state index is 0.0858. The lowest BCUT2D eigenvalue weighted by Gasteiger charge is -2.37. The molecule has 3 saturated heterocycles. The van der Waals surface area contributed by atoms with Gasteiger partial charge in [0.25, 0.3) is 0 Å². The summed E-state index contributed by atoms with van der Waals surface area (Å²) in [6.07, 6.45) is 4.54. The molecular formula is C13H22N2O2. The molecule has 4 heteroatoms. The quantitative estimate of drug-likeness (QED) is 0.728. The van der Waals surface area contributed by atoms with Gasteiger partial charge < -0.3 is 15.0 Å². The van der Waals surface area contributed by atoms with E-state index in [0.717, 1.165) is 45.7 Å². The molecule has 0 radical (unpaired) electrons. The molecule has 0 aromatic heterocycles. The van der Waals surface area contributed by atoms with Gasteiger partial charge in [0.2, 0.25) is 5.91 Å². The first-order valence-electron chi connectivity index (χ1n) is 6.94. The van der Waals surface area contributed by atoms with Gasteiger partial charge in [-0.05, 0) is 31.7 Å². The number of ether oxygens (including phenoxy) is 1. The smallest absolute Gasteiger partial charge is 0.239 e. The summed E-state index contributed by atoms with van der Waals surface area (Å²) in [6, 6.07) is 0.0858. The highest BCUT2D eigenvalue weighted by Gasteiger charge is 2.37. The summed E-state index contributed by atoms with van der Waals surface area (Å²) in [5.41, 5.74) is 0. The summed E-state index contributed by atoms with van der Waals surface area (Å²) >= 11 is 0. The summed E-state index contributed by atoms with van der Waals surface area (Å²) in [5, 5.41) is 3.35. The molecule has 0 aliphatic carbocycles. The van der Waals surface area contributed by atoms with Gasteiger partial charge in [-0.1, -0.05) is 6.42 Å². The van der Waals surface area contributed by atoms with Gasteiger partial charge in [0, 0.05) is 25.6 Å². The second-order valence-corrected chi connectivity index (χ2v) is 5.63. The molecule has 3 rings (SSSR count). The minimum Gasteiger partial charge on any atom is -0.381 e. The van der Waals surface area contributed by atoms with E-state index in [1.165, 1.54) is 12.8 Å². The second kappa shape index (κ2) is 4.94. The fraction of sp³-hybridized carbons (Fsp3) is 0.923. The van der Waals surface area contributed by atoms with Crippen LogP contribution in [0.2, 0.25) is 0 Å². The minimum atomic E-state index is 0.0858. The number of rotatable bonds is 1. The molecule has 3 aliphatic heterocycles. The Bertz CT molecular complexity index is 289. The lowest BCUT2D eigenvalue weighted by Crippen LogP contribution is -2.52. The molecule has 3 aliphatic rings. The topological polar surface area (TPSA) is 41.6 Å². The average Bonchev–Trinajstić information content (AvgIpc) is 2.86. The Morgan fingerprint density at radius 3 is 2.88 bits per heavy atom. The molecule has 0 aromatic carbocycles. The molecule has 0 bridgehead atoms. The van der Waals surface area contributed by atoms with Crippen molar-refractivity contribution in [1.29, 1.82) is 0 Å². The molecule has 1 N–H and O–H groups in total. The van der Waals surface area contributed by atoms with Crippen LogP contribution in [0.4, 0.5) is 0 Å². The van der Waals surface area contributed by atoms with Crippen molar-refractivity contribution >= 4 is 5.91 Å². The summed E-state index contributed by atoms with van der Waals surface area (Å²) in [5.74, 6) is 1.63. The summed E-state index contributed by atoms with van der Waals surface area (Å²) < 4.78 is 5.51. The van der Waals surface area contributed by atoms with Crippen molar-refractivity contribution in [3.8, 4) is 0 Å². The van der Waals surface area contributed by atoms with E-state index in [0.29, 0.717) is 17.7 Å². The van der Waals surface area contributed by atoms with Gasteiger partial charge in [-0.3, -0.25) is 4.79 Å². The van der Waals surface area contributed by atoms with Crippen LogP contribution in [0.25, 0.3) is 0 Å². The third kappa shape index (κ3) is 2.33. The monoisotopic (exact) mass is 238 g/mol. The van der Waals surface area contributed by atoms with Gasteiger partial charge in [-0.15, -0.1) is 0 Å². The first kappa shape index (κ1) is 11.5. The normalized spacial score (nSPS) is 37.9. The Labute approximate surface area is 103 Å². The number of nitrogens with one attached hydrogen (secondary N) is 1. The predicted molar refractivity (Wildman–Crippen MR) is 64.6 cm³/mol. The number of hydrogen-bond donors (Lipinski definition) is 1. The van der Waals surface area contributed by atoms with Crippen molar-refractivity contribution in [2.75, 3.05) is 32.8 Å². The highest BCUT2D eigenvalue weighted by atomic mass is 16.5. The number of piperidine rings is 2. The maximum absolute atomic E-state index is 12.4. The van der Waals surface area contributed by atoms with Crippen LogP contribution in [0.1, 0.15) is 25.7 Å². The van der Waals surface area contributed by atoms with Crippen LogP contribution >= 0.6 is 0 Å². The van der Waals surface area contributed by atoms with E-state index in [1.807, 2.05) is 0 Å². The number of carbonyl (C=O) groups excluding carboxylic acids is 1. The number of fused-ring (bicyclic) bond motifs is 1. The molecule has 96 valence electrons. The third-order valence-electron chi connectivity index (χ3n) is 4.48. The number of carbonyl (C=O) groups is 1. The molecular weight excluding hydrogens is 216 g/mol. The van der Waals surface area contributed by atoms with E-state index in [4.69, 9.17) is 4.74 Å². The SMILES string of the molecule is O=C([C@@H]1CCCCN1)N1CC[C@@H]2COC[C@H]2C1. The molecule has 0 saturated carbocycles. The lowest BCUT2D eigenvalue weighted by molar-refractivity contribution is -0.136. The van der Waals surface area contributed by atoms with Gasteiger partial charge in [0.15, 0.2) is 0 Å². The molecule has 0 unspecified atom stereocenters. The fourth-order valence-corrected chi connectivity index (χ4v) is 3.34. The fourth-order valence-electron chi connectivity index (χ4n) is 3.34. The van der Waals surface area contributed by atoms with E-state index < -0.39 is 0 Å². The van der Waals surface area contributed by atoms with Crippen molar-refractivity contribution in [2.45, 2.75) is 31.7 Å². The van der Waals surface area contributed by atoms with Crippen molar-refractivity contribution in [3.63, 3.8) is 0 Å². The van der Waals surface area contributed by atoms with Crippen LogP contribution in [0, 0.1) is 11.8 Å². The number of hydrogen-bond acceptors (Lipinski definition) is 3. The molecule has 3 heterocycles. The Balaban J connectivity index is 1.58. The number of nitrogens with zero attached hydrogens (tertiary/aromatic N) is 1. The zero-order chi connectivity index (χ0) is 11.7. The largest absolute Gasteiger partial charge is 0.381 e. The van der Waals surface area contributed by atoms with Crippen LogP contribution in [-0.4, -0.2) is 49.7 Å². The molecule has 17 heavy (non-hydrogen) atoms. The molecule has 0 spiro atoms. The van der Waals surface area contributed by atoms with Crippen molar-refractivity contribution in [3.05, 3.63) is 0 Å². The first-order chi connectivity index (χ1) is 8.34. The van der Waals surface area contributed by atoms with Gasteiger partial charge >= 0.3 is 0 Å². The highest BCUT2D eigenvalue weighted by molar-refractivity contribution is 5.82. The standard InChI is InChI=1S/C13H22N2O2/c16-13(12-3-1-2-5-14-12)15-6-4-10-8-17-9-11(10)7-15/h10-12,14H,1-9H2/t10-,11-,12+/m1/s1. The molecule has 3 atom stereocenters. The average molecular weight is 238 g/mol. The van der Waals surface area contributed by atoms with Crippen molar-refractivity contribution in [1.82, 2.24) is 10.2 Å². The van der Waals surface area contributed by atoms with Gasteiger partial charge in [-0.2, -0.15) is 0 Å². The van der Waals surface area contributed by atoms with Crippen LogP contribution in [0.3, 0.4) is 0 Å². The highest BCUT2D eigenvalue weighted by Crippen LogP contribution is 2.29. The van der Waals surface area contributed by atoms with Gasteiger partial charge in [-0.25, -0.2) is 0 Å². The summed E-state index contributed by atoms with van der Waals surface area (Å²) in [6.45, 7) is 4.61. The lowest BCUT2D eigenvalue weighted by atomic mass is 9.88. The van der Waals surface area contributed by atoms with Gasteiger partial charge in [0.1, 0.15) is 0 Å². The number of likely N-dealkylation sites (tertiary alicyclic amines) is 1. The van der Waals surface area contributed by atoms with Crippen LogP contribution in [0.15, 0.2) is 0 Å². The van der Waals surface area contributed by atoms with Crippen molar-refractivity contribution in [2.24, 2.45) is 11.8 Å². The van der Waals surface area contributed by atoms with E-state index in [2.05, 4.69) is 10.2 Å². The van der Waals surface area contributed by atoms with Crippen LogP contribution in [0.5, 0.6) is 0 Å². The first-order valence-corrected chi connectivity index (χ1v) is 6.94. The van der Waals surface area contributed by atoms with E-state index in [9.17, 15) is 4.79 Å². The Morgan fingerprint density at radius 1 is 1.18 bits per heavy atom. The van der Waals surface area contributed by atoms with E-state index >= 15 is 0 Å². The van der Waals surface area contributed by atoms with Crippen LogP contribution in [-0.2, 0) is 9.53 Å². The number of amides is 1. The second-order valence-electron chi connectivity index (χ2n) is 5.63. The molecule has 1 amide bonds. The maximum Gasteiger partial charge on any atom is 0.239 e. The van der Waals surface area contributed by atoms with Gasteiger partial charge in [0.05, 0.1) is 12.6 Å². The Kier molecular flexibility index (Phi) is 3.34. The van der Waals surface area contributed by atoms with E-state index in [1.54, 1.807) is 0 Å².